The minimum Gasteiger partial charge on any atom is -0.328 e. The fourth-order valence-electron chi connectivity index (χ4n) is 3.17. The summed E-state index contributed by atoms with van der Waals surface area (Å²) >= 11 is 6.49. The molecule has 2 atom stereocenters. The van der Waals surface area contributed by atoms with Gasteiger partial charge in [0.1, 0.15) is 0 Å². The lowest BCUT2D eigenvalue weighted by atomic mass is 9.93. The molecular formula is C15H26ClN3. The van der Waals surface area contributed by atoms with Crippen LogP contribution < -0.4 is 5.73 Å². The lowest BCUT2D eigenvalue weighted by Crippen LogP contribution is -2.23. The van der Waals surface area contributed by atoms with Gasteiger partial charge in [-0.2, -0.15) is 5.10 Å². The lowest BCUT2D eigenvalue weighted by molar-refractivity contribution is 0.417. The van der Waals surface area contributed by atoms with Crippen molar-refractivity contribution in [1.29, 1.82) is 0 Å². The van der Waals surface area contributed by atoms with Gasteiger partial charge in [0.05, 0.1) is 16.4 Å². The van der Waals surface area contributed by atoms with Gasteiger partial charge in [-0.15, -0.1) is 0 Å². The van der Waals surface area contributed by atoms with Crippen molar-refractivity contribution in [2.45, 2.75) is 71.4 Å². The van der Waals surface area contributed by atoms with Gasteiger partial charge in [-0.05, 0) is 38.5 Å². The van der Waals surface area contributed by atoms with Gasteiger partial charge in [0.25, 0.3) is 0 Å². The number of hydrogen-bond acceptors (Lipinski definition) is 2. The van der Waals surface area contributed by atoms with Gasteiger partial charge in [0, 0.05) is 12.6 Å². The average molecular weight is 284 g/mol. The first-order valence-corrected chi connectivity index (χ1v) is 8.03. The second-order valence-corrected chi connectivity index (χ2v) is 6.11. The molecule has 1 aliphatic rings. The van der Waals surface area contributed by atoms with Gasteiger partial charge in [0.15, 0.2) is 0 Å². The third kappa shape index (κ3) is 3.51. The summed E-state index contributed by atoms with van der Waals surface area (Å²) in [6.07, 6.45) is 8.11. The molecule has 1 fully saturated rings. The maximum absolute atomic E-state index is 6.49. The van der Waals surface area contributed by atoms with E-state index in [4.69, 9.17) is 17.3 Å². The largest absolute Gasteiger partial charge is 0.328 e. The van der Waals surface area contributed by atoms with Crippen LogP contribution in [-0.4, -0.2) is 15.8 Å². The lowest BCUT2D eigenvalue weighted by Gasteiger charge is -2.17. The number of nitrogens with two attached hydrogens (primary N) is 1. The molecular weight excluding hydrogens is 258 g/mol. The first-order valence-electron chi connectivity index (χ1n) is 7.65. The normalized spacial score (nSPS) is 24.4. The molecule has 1 aromatic rings. The molecule has 0 spiro atoms. The van der Waals surface area contributed by atoms with Crippen LogP contribution in [0.4, 0.5) is 0 Å². The summed E-state index contributed by atoms with van der Waals surface area (Å²) < 4.78 is 2.08. The summed E-state index contributed by atoms with van der Waals surface area (Å²) in [6, 6.07) is 0.370. The van der Waals surface area contributed by atoms with Crippen molar-refractivity contribution in [2.24, 2.45) is 11.7 Å². The highest BCUT2D eigenvalue weighted by Gasteiger charge is 2.22. The van der Waals surface area contributed by atoms with Gasteiger partial charge in [-0.3, -0.25) is 4.68 Å². The van der Waals surface area contributed by atoms with E-state index in [9.17, 15) is 0 Å². The van der Waals surface area contributed by atoms with Crippen LogP contribution in [0.3, 0.4) is 0 Å². The molecule has 1 aliphatic carbocycles. The van der Waals surface area contributed by atoms with E-state index in [-0.39, 0.29) is 0 Å². The van der Waals surface area contributed by atoms with Crippen molar-refractivity contribution in [1.82, 2.24) is 9.78 Å². The van der Waals surface area contributed by atoms with Gasteiger partial charge in [-0.25, -0.2) is 0 Å². The molecule has 2 unspecified atom stereocenters. The van der Waals surface area contributed by atoms with Crippen molar-refractivity contribution < 1.29 is 0 Å². The maximum atomic E-state index is 6.49. The van der Waals surface area contributed by atoms with E-state index in [1.807, 2.05) is 0 Å². The minimum atomic E-state index is 0.370. The predicted molar refractivity (Wildman–Crippen MR) is 80.5 cm³/mol. The number of rotatable bonds is 4. The molecule has 19 heavy (non-hydrogen) atoms. The number of aryl methyl sites for hydroxylation is 2. The Morgan fingerprint density at radius 2 is 2.05 bits per heavy atom. The van der Waals surface area contributed by atoms with Gasteiger partial charge < -0.3 is 5.73 Å². The molecule has 1 aromatic heterocycles. The summed E-state index contributed by atoms with van der Waals surface area (Å²) in [5.74, 6) is 0.668. The van der Waals surface area contributed by atoms with Crippen LogP contribution >= 0.6 is 11.6 Å². The van der Waals surface area contributed by atoms with Crippen molar-refractivity contribution in [2.75, 3.05) is 0 Å². The molecule has 4 heteroatoms. The second-order valence-electron chi connectivity index (χ2n) is 5.73. The second kappa shape index (κ2) is 6.76. The van der Waals surface area contributed by atoms with Gasteiger partial charge >= 0.3 is 0 Å². The molecule has 2 rings (SSSR count). The first kappa shape index (κ1) is 14.9. The molecule has 0 aliphatic heterocycles. The standard InChI is InChI=1S/C15H26ClN3/c1-3-13-15(16)14(19(4-2)18-13)10-11-7-5-6-8-12(17)9-11/h11-12H,3-10,17H2,1-2H3. The molecule has 3 nitrogen and oxygen atoms in total. The summed E-state index contributed by atoms with van der Waals surface area (Å²) in [5, 5.41) is 5.50. The third-order valence-electron chi connectivity index (χ3n) is 4.25. The highest BCUT2D eigenvalue weighted by atomic mass is 35.5. The molecule has 0 radical (unpaired) electrons. The number of aromatic nitrogens is 2. The summed E-state index contributed by atoms with van der Waals surface area (Å²) in [6.45, 7) is 5.14. The van der Waals surface area contributed by atoms with Crippen LogP contribution in [0.5, 0.6) is 0 Å². The van der Waals surface area contributed by atoms with E-state index in [0.29, 0.717) is 12.0 Å². The molecule has 0 bridgehead atoms. The van der Waals surface area contributed by atoms with E-state index < -0.39 is 0 Å². The molecule has 0 saturated heterocycles. The molecule has 2 N–H and O–H groups in total. The zero-order valence-corrected chi connectivity index (χ0v) is 12.9. The topological polar surface area (TPSA) is 43.8 Å². The summed E-state index contributed by atoms with van der Waals surface area (Å²) in [4.78, 5) is 0. The highest BCUT2D eigenvalue weighted by Crippen LogP contribution is 2.30. The van der Waals surface area contributed by atoms with E-state index in [1.165, 1.54) is 31.4 Å². The fraction of sp³-hybridized carbons (Fsp3) is 0.800. The molecule has 108 valence electrons. The summed E-state index contributed by atoms with van der Waals surface area (Å²) in [7, 11) is 0. The molecule has 1 saturated carbocycles. The zero-order chi connectivity index (χ0) is 13.8. The van der Waals surface area contributed by atoms with Gasteiger partial charge in [-0.1, -0.05) is 37.8 Å². The highest BCUT2D eigenvalue weighted by molar-refractivity contribution is 6.31. The molecule has 1 heterocycles. The van der Waals surface area contributed by atoms with Crippen molar-refractivity contribution in [3.05, 3.63) is 16.4 Å². The van der Waals surface area contributed by atoms with Gasteiger partial charge in [0.2, 0.25) is 0 Å². The number of nitrogens with zero attached hydrogens (tertiary/aromatic N) is 2. The number of hydrogen-bond donors (Lipinski definition) is 1. The van der Waals surface area contributed by atoms with Crippen LogP contribution in [0, 0.1) is 5.92 Å². The Morgan fingerprint density at radius 3 is 2.74 bits per heavy atom. The Kier molecular flexibility index (Phi) is 5.28. The Bertz CT molecular complexity index is 414. The first-order chi connectivity index (χ1) is 9.15. The fourth-order valence-corrected chi connectivity index (χ4v) is 3.52. The van der Waals surface area contributed by atoms with Crippen LogP contribution in [0.15, 0.2) is 0 Å². The average Bonchev–Trinajstić information content (AvgIpc) is 2.57. The van der Waals surface area contributed by atoms with Crippen LogP contribution in [0.25, 0.3) is 0 Å². The third-order valence-corrected chi connectivity index (χ3v) is 4.69. The van der Waals surface area contributed by atoms with Crippen molar-refractivity contribution in [3.8, 4) is 0 Å². The van der Waals surface area contributed by atoms with E-state index in [1.54, 1.807) is 0 Å². The van der Waals surface area contributed by atoms with Crippen molar-refractivity contribution >= 4 is 11.6 Å². The van der Waals surface area contributed by atoms with Crippen LogP contribution in [0.2, 0.25) is 5.02 Å². The van der Waals surface area contributed by atoms with E-state index in [0.717, 1.165) is 36.5 Å². The number of halogens is 1. The SMILES string of the molecule is CCc1nn(CC)c(CC2CCCCC(N)C2)c1Cl. The van der Waals surface area contributed by atoms with Crippen LogP contribution in [0.1, 0.15) is 57.3 Å². The van der Waals surface area contributed by atoms with Crippen molar-refractivity contribution in [3.63, 3.8) is 0 Å². The van der Waals surface area contributed by atoms with E-state index >= 15 is 0 Å². The monoisotopic (exact) mass is 283 g/mol. The Hall–Kier alpha value is -0.540. The Morgan fingerprint density at radius 1 is 1.32 bits per heavy atom. The maximum Gasteiger partial charge on any atom is 0.0849 e. The van der Waals surface area contributed by atoms with E-state index in [2.05, 4.69) is 23.6 Å². The molecule has 0 aromatic carbocycles. The Balaban J connectivity index is 2.15. The minimum absolute atomic E-state index is 0.370. The molecule has 0 amide bonds. The summed E-state index contributed by atoms with van der Waals surface area (Å²) in [5.41, 5.74) is 8.42. The van der Waals surface area contributed by atoms with Crippen LogP contribution in [-0.2, 0) is 19.4 Å². The smallest absolute Gasteiger partial charge is 0.0849 e. The quantitative estimate of drug-likeness (QED) is 0.859. The predicted octanol–water partition coefficient (Wildman–Crippen LogP) is 3.57. The zero-order valence-electron chi connectivity index (χ0n) is 12.2. The Labute approximate surface area is 121 Å².